The third-order valence-corrected chi connectivity index (χ3v) is 2.86. The number of ether oxygens (including phenoxy) is 2. The van der Waals surface area contributed by atoms with Crippen LogP contribution >= 0.6 is 0 Å². The average Bonchev–Trinajstić information content (AvgIpc) is 2.77. The van der Waals surface area contributed by atoms with E-state index in [2.05, 4.69) is 12.6 Å². The fourth-order valence-electron chi connectivity index (χ4n) is 2.01. The standard InChI is InChI=1S/C13H16O2/c1-3-10-7-8-15-13(10)11-5-4-6-12(9-11)14-2/h3-6,9-10,13H,1,7-8H2,2H3/t10-,13+/m0/s1. The smallest absolute Gasteiger partial charge is 0.119 e. The number of hydrogen-bond acceptors (Lipinski definition) is 2. The van der Waals surface area contributed by atoms with Gasteiger partial charge >= 0.3 is 0 Å². The zero-order valence-corrected chi connectivity index (χ0v) is 8.98. The van der Waals surface area contributed by atoms with Gasteiger partial charge in [-0.1, -0.05) is 18.2 Å². The van der Waals surface area contributed by atoms with Crippen LogP contribution in [0.15, 0.2) is 36.9 Å². The van der Waals surface area contributed by atoms with Crippen molar-refractivity contribution < 1.29 is 9.47 Å². The summed E-state index contributed by atoms with van der Waals surface area (Å²) in [6.45, 7) is 4.67. The van der Waals surface area contributed by atoms with E-state index in [0.29, 0.717) is 5.92 Å². The SMILES string of the molecule is C=C[C@H]1CCO[C@H]1c1cccc(OC)c1. The number of methoxy groups -OCH3 is 1. The molecule has 0 amide bonds. The van der Waals surface area contributed by atoms with Crippen LogP contribution < -0.4 is 4.74 Å². The summed E-state index contributed by atoms with van der Waals surface area (Å²) in [7, 11) is 1.68. The van der Waals surface area contributed by atoms with Gasteiger partial charge in [0.25, 0.3) is 0 Å². The van der Waals surface area contributed by atoms with Gasteiger partial charge in [-0.15, -0.1) is 6.58 Å². The molecule has 0 radical (unpaired) electrons. The topological polar surface area (TPSA) is 18.5 Å². The van der Waals surface area contributed by atoms with Crippen molar-refractivity contribution in [1.82, 2.24) is 0 Å². The van der Waals surface area contributed by atoms with E-state index in [1.807, 2.05) is 24.3 Å². The lowest BCUT2D eigenvalue weighted by Gasteiger charge is -2.16. The summed E-state index contributed by atoms with van der Waals surface area (Å²) >= 11 is 0. The second kappa shape index (κ2) is 4.49. The van der Waals surface area contributed by atoms with Crippen molar-refractivity contribution in [3.8, 4) is 5.75 Å². The molecule has 0 spiro atoms. The fourth-order valence-corrected chi connectivity index (χ4v) is 2.01. The number of rotatable bonds is 3. The number of hydrogen-bond donors (Lipinski definition) is 0. The Morgan fingerprint density at radius 2 is 2.40 bits per heavy atom. The van der Waals surface area contributed by atoms with Gasteiger partial charge in [0.1, 0.15) is 5.75 Å². The lowest BCUT2D eigenvalue weighted by Crippen LogP contribution is -2.04. The summed E-state index contributed by atoms with van der Waals surface area (Å²) in [4.78, 5) is 0. The first kappa shape index (κ1) is 10.2. The minimum atomic E-state index is 0.151. The van der Waals surface area contributed by atoms with Crippen LogP contribution in [0.25, 0.3) is 0 Å². The van der Waals surface area contributed by atoms with Gasteiger partial charge in [-0.2, -0.15) is 0 Å². The molecule has 0 bridgehead atoms. The van der Waals surface area contributed by atoms with Crippen molar-refractivity contribution >= 4 is 0 Å². The molecule has 2 nitrogen and oxygen atoms in total. The van der Waals surface area contributed by atoms with Crippen molar-refractivity contribution in [2.75, 3.05) is 13.7 Å². The molecule has 0 N–H and O–H groups in total. The van der Waals surface area contributed by atoms with Gasteiger partial charge in [-0.05, 0) is 24.1 Å². The summed E-state index contributed by atoms with van der Waals surface area (Å²) < 4.78 is 10.9. The molecular weight excluding hydrogens is 188 g/mol. The Bertz CT molecular complexity index is 346. The maximum Gasteiger partial charge on any atom is 0.119 e. The second-order valence-electron chi connectivity index (χ2n) is 3.76. The predicted octanol–water partition coefficient (Wildman–Crippen LogP) is 2.96. The predicted molar refractivity (Wildman–Crippen MR) is 60.0 cm³/mol. The largest absolute Gasteiger partial charge is 0.497 e. The van der Waals surface area contributed by atoms with Gasteiger partial charge in [0.05, 0.1) is 13.2 Å². The molecule has 15 heavy (non-hydrogen) atoms. The molecule has 0 saturated carbocycles. The van der Waals surface area contributed by atoms with Gasteiger partial charge in [0.2, 0.25) is 0 Å². The van der Waals surface area contributed by atoms with Crippen molar-refractivity contribution in [2.24, 2.45) is 5.92 Å². The molecule has 0 unspecified atom stereocenters. The molecule has 80 valence electrons. The van der Waals surface area contributed by atoms with Crippen molar-refractivity contribution in [3.05, 3.63) is 42.5 Å². The maximum atomic E-state index is 5.72. The van der Waals surface area contributed by atoms with Crippen LogP contribution in [0.4, 0.5) is 0 Å². The minimum Gasteiger partial charge on any atom is -0.497 e. The van der Waals surface area contributed by atoms with Gasteiger partial charge in [-0.3, -0.25) is 0 Å². The van der Waals surface area contributed by atoms with Crippen LogP contribution in [0.1, 0.15) is 18.1 Å². The molecule has 1 fully saturated rings. The molecule has 2 rings (SSSR count). The summed E-state index contributed by atoms with van der Waals surface area (Å²) in [5.74, 6) is 1.31. The first-order valence-corrected chi connectivity index (χ1v) is 5.23. The van der Waals surface area contributed by atoms with Gasteiger partial charge in [0, 0.05) is 12.5 Å². The van der Waals surface area contributed by atoms with Crippen LogP contribution in [0.2, 0.25) is 0 Å². The van der Waals surface area contributed by atoms with Crippen LogP contribution in [0.5, 0.6) is 5.75 Å². The highest BCUT2D eigenvalue weighted by molar-refractivity contribution is 5.31. The molecule has 1 aliphatic heterocycles. The normalized spacial score (nSPS) is 25.1. The summed E-state index contributed by atoms with van der Waals surface area (Å²) in [6, 6.07) is 8.05. The summed E-state index contributed by atoms with van der Waals surface area (Å²) in [6.07, 6.45) is 3.19. The highest BCUT2D eigenvalue weighted by Gasteiger charge is 2.27. The third-order valence-electron chi connectivity index (χ3n) is 2.86. The Labute approximate surface area is 90.5 Å². The molecule has 0 aromatic heterocycles. The zero-order chi connectivity index (χ0) is 10.7. The third kappa shape index (κ3) is 2.05. The molecule has 1 saturated heterocycles. The molecule has 2 heteroatoms. The monoisotopic (exact) mass is 204 g/mol. The van der Waals surface area contributed by atoms with Gasteiger partial charge in [0.15, 0.2) is 0 Å². The Hall–Kier alpha value is -1.28. The van der Waals surface area contributed by atoms with Crippen molar-refractivity contribution in [3.63, 3.8) is 0 Å². The van der Waals surface area contributed by atoms with E-state index in [4.69, 9.17) is 9.47 Å². The first-order chi connectivity index (χ1) is 7.35. The summed E-state index contributed by atoms with van der Waals surface area (Å²) in [5, 5.41) is 0. The molecule has 1 heterocycles. The Morgan fingerprint density at radius 3 is 3.13 bits per heavy atom. The lowest BCUT2D eigenvalue weighted by atomic mass is 9.95. The quantitative estimate of drug-likeness (QED) is 0.705. The number of benzene rings is 1. The highest BCUT2D eigenvalue weighted by atomic mass is 16.5. The zero-order valence-electron chi connectivity index (χ0n) is 8.98. The van der Waals surface area contributed by atoms with Gasteiger partial charge < -0.3 is 9.47 Å². The van der Waals surface area contributed by atoms with E-state index < -0.39 is 0 Å². The van der Waals surface area contributed by atoms with Crippen LogP contribution in [0, 0.1) is 5.92 Å². The van der Waals surface area contributed by atoms with E-state index in [-0.39, 0.29) is 6.10 Å². The van der Waals surface area contributed by atoms with E-state index in [0.717, 1.165) is 18.8 Å². The molecule has 2 atom stereocenters. The molecule has 1 aromatic rings. The minimum absolute atomic E-state index is 0.151. The second-order valence-corrected chi connectivity index (χ2v) is 3.76. The molecule has 1 aliphatic rings. The van der Waals surface area contributed by atoms with Crippen molar-refractivity contribution in [1.29, 1.82) is 0 Å². The van der Waals surface area contributed by atoms with Crippen LogP contribution in [0.3, 0.4) is 0 Å². The molecule has 0 aliphatic carbocycles. The van der Waals surface area contributed by atoms with Crippen LogP contribution in [-0.4, -0.2) is 13.7 Å². The summed E-state index contributed by atoms with van der Waals surface area (Å²) in [5.41, 5.74) is 1.18. The van der Waals surface area contributed by atoms with E-state index in [1.54, 1.807) is 7.11 Å². The average molecular weight is 204 g/mol. The lowest BCUT2D eigenvalue weighted by molar-refractivity contribution is 0.0994. The van der Waals surface area contributed by atoms with E-state index >= 15 is 0 Å². The van der Waals surface area contributed by atoms with E-state index in [1.165, 1.54) is 5.56 Å². The molecule has 1 aromatic carbocycles. The van der Waals surface area contributed by atoms with E-state index in [9.17, 15) is 0 Å². The Kier molecular flexibility index (Phi) is 3.07. The van der Waals surface area contributed by atoms with Crippen molar-refractivity contribution in [2.45, 2.75) is 12.5 Å². The van der Waals surface area contributed by atoms with Gasteiger partial charge in [-0.25, -0.2) is 0 Å². The first-order valence-electron chi connectivity index (χ1n) is 5.23. The fraction of sp³-hybridized carbons (Fsp3) is 0.385. The van der Waals surface area contributed by atoms with Crippen LogP contribution in [-0.2, 0) is 4.74 Å². The Balaban J connectivity index is 2.24. The Morgan fingerprint density at radius 1 is 1.53 bits per heavy atom. The maximum absolute atomic E-state index is 5.72. The molecular formula is C13H16O2. The highest BCUT2D eigenvalue weighted by Crippen LogP contribution is 2.36.